The molecular formula is C23H24N2O4S. The maximum absolute atomic E-state index is 12.8. The smallest absolute Gasteiger partial charge is 0.337 e. The minimum absolute atomic E-state index is 0.385. The van der Waals surface area contributed by atoms with Crippen molar-refractivity contribution in [3.63, 3.8) is 0 Å². The molecule has 2 aliphatic heterocycles. The van der Waals surface area contributed by atoms with Crippen molar-refractivity contribution in [2.75, 3.05) is 25.2 Å². The summed E-state index contributed by atoms with van der Waals surface area (Å²) in [5.74, 6) is 0.963. The van der Waals surface area contributed by atoms with Crippen molar-refractivity contribution in [2.24, 2.45) is 0 Å². The summed E-state index contributed by atoms with van der Waals surface area (Å²) in [6, 6.07) is 13.4. The number of rotatable bonds is 4. The summed E-state index contributed by atoms with van der Waals surface area (Å²) in [7, 11) is 1.39. The number of methoxy groups -OCH3 is 1. The maximum Gasteiger partial charge on any atom is 0.337 e. The van der Waals surface area contributed by atoms with Gasteiger partial charge in [-0.25, -0.2) is 4.79 Å². The normalized spacial score (nSPS) is 18.2. The summed E-state index contributed by atoms with van der Waals surface area (Å²) < 4.78 is 16.4. The first-order valence-corrected chi connectivity index (χ1v) is 10.3. The van der Waals surface area contributed by atoms with Gasteiger partial charge < -0.3 is 19.5 Å². The third-order valence-corrected chi connectivity index (χ3v) is 5.70. The Hall–Kier alpha value is -3.06. The van der Waals surface area contributed by atoms with Crippen molar-refractivity contribution in [2.45, 2.75) is 26.3 Å². The molecule has 6 nitrogen and oxygen atoms in total. The summed E-state index contributed by atoms with van der Waals surface area (Å²) in [6.07, 6.45) is 0.952. The van der Waals surface area contributed by atoms with Crippen molar-refractivity contribution in [1.29, 1.82) is 0 Å². The summed E-state index contributed by atoms with van der Waals surface area (Å²) in [5, 5.41) is 3.82. The summed E-state index contributed by atoms with van der Waals surface area (Å²) >= 11 is 5.70. The molecule has 0 saturated carbocycles. The molecule has 1 atom stereocenters. The van der Waals surface area contributed by atoms with Gasteiger partial charge in [0.15, 0.2) is 16.6 Å². The van der Waals surface area contributed by atoms with E-state index in [4.69, 9.17) is 26.4 Å². The number of carbonyl (C=O) groups excluding carboxylic acids is 1. The number of allylic oxidation sites excluding steroid dienone is 1. The van der Waals surface area contributed by atoms with Gasteiger partial charge >= 0.3 is 5.97 Å². The topological polar surface area (TPSA) is 60.0 Å². The minimum Gasteiger partial charge on any atom is -0.486 e. The van der Waals surface area contributed by atoms with Gasteiger partial charge in [0.2, 0.25) is 0 Å². The average Bonchev–Trinajstić information content (AvgIpc) is 2.78. The summed E-state index contributed by atoms with van der Waals surface area (Å²) in [6.45, 7) is 5.01. The van der Waals surface area contributed by atoms with E-state index in [2.05, 4.69) is 24.4 Å². The molecule has 2 heterocycles. The Morgan fingerprint density at radius 2 is 1.87 bits per heavy atom. The fourth-order valence-corrected chi connectivity index (χ4v) is 4.16. The van der Waals surface area contributed by atoms with Crippen LogP contribution in [0, 0.1) is 0 Å². The lowest BCUT2D eigenvalue weighted by Gasteiger charge is -2.37. The molecule has 2 aliphatic rings. The van der Waals surface area contributed by atoms with E-state index < -0.39 is 5.97 Å². The lowest BCUT2D eigenvalue weighted by atomic mass is 9.94. The van der Waals surface area contributed by atoms with Crippen LogP contribution in [-0.2, 0) is 16.0 Å². The Kier molecular flexibility index (Phi) is 5.63. The largest absolute Gasteiger partial charge is 0.486 e. The Bertz CT molecular complexity index is 1020. The van der Waals surface area contributed by atoms with E-state index in [0.717, 1.165) is 17.7 Å². The molecule has 1 N–H and O–H groups in total. The molecule has 2 aromatic carbocycles. The molecule has 30 heavy (non-hydrogen) atoms. The Morgan fingerprint density at radius 3 is 2.53 bits per heavy atom. The minimum atomic E-state index is -0.394. The SMILES string of the molecule is CCc1ccc(C2NC(=S)N(c3ccc4c(c3)OCCO4)C(C)=C2C(=O)OC)cc1. The van der Waals surface area contributed by atoms with Gasteiger partial charge in [0, 0.05) is 11.8 Å². The van der Waals surface area contributed by atoms with Crippen LogP contribution < -0.4 is 19.7 Å². The zero-order chi connectivity index (χ0) is 21.3. The highest BCUT2D eigenvalue weighted by Gasteiger charge is 2.35. The van der Waals surface area contributed by atoms with Gasteiger partial charge in [-0.2, -0.15) is 0 Å². The van der Waals surface area contributed by atoms with E-state index in [9.17, 15) is 4.79 Å². The van der Waals surface area contributed by atoms with E-state index in [1.54, 1.807) is 0 Å². The number of thiocarbonyl (C=S) groups is 1. The molecular weight excluding hydrogens is 400 g/mol. The van der Waals surface area contributed by atoms with E-state index in [0.29, 0.717) is 41.1 Å². The third kappa shape index (κ3) is 3.61. The average molecular weight is 425 g/mol. The molecule has 0 aliphatic carbocycles. The zero-order valence-corrected chi connectivity index (χ0v) is 18.0. The van der Waals surface area contributed by atoms with Gasteiger partial charge in [-0.1, -0.05) is 31.2 Å². The molecule has 0 fully saturated rings. The van der Waals surface area contributed by atoms with E-state index >= 15 is 0 Å². The van der Waals surface area contributed by atoms with Crippen LogP contribution in [0.15, 0.2) is 53.7 Å². The van der Waals surface area contributed by atoms with E-state index in [1.807, 2.05) is 42.2 Å². The molecule has 7 heteroatoms. The molecule has 0 radical (unpaired) electrons. The molecule has 156 valence electrons. The zero-order valence-electron chi connectivity index (χ0n) is 17.2. The standard InChI is InChI=1S/C23H24N2O4S/c1-4-15-5-7-16(8-6-15)21-20(22(26)27-3)14(2)25(23(30)24-21)17-9-10-18-19(13-17)29-12-11-28-18/h5-10,13,21H,4,11-12H2,1-3H3,(H,24,30). The number of esters is 1. The molecule has 0 aromatic heterocycles. The monoisotopic (exact) mass is 424 g/mol. The van der Waals surface area contributed by atoms with Crippen molar-refractivity contribution in [1.82, 2.24) is 5.32 Å². The number of nitrogens with zero attached hydrogens (tertiary/aromatic N) is 1. The fraction of sp³-hybridized carbons (Fsp3) is 0.304. The van der Waals surface area contributed by atoms with Gasteiger partial charge in [-0.3, -0.25) is 4.90 Å². The number of anilines is 1. The first-order valence-electron chi connectivity index (χ1n) is 9.91. The number of aryl methyl sites for hydroxylation is 1. The molecule has 4 rings (SSSR count). The van der Waals surface area contributed by atoms with Crippen LogP contribution in [0.2, 0.25) is 0 Å². The fourth-order valence-electron chi connectivity index (χ4n) is 3.80. The number of benzene rings is 2. The quantitative estimate of drug-likeness (QED) is 0.590. The number of hydrogen-bond donors (Lipinski definition) is 1. The number of ether oxygens (including phenoxy) is 3. The molecule has 2 aromatic rings. The molecule has 1 unspecified atom stereocenters. The van der Waals surface area contributed by atoms with Gasteiger partial charge in [0.05, 0.1) is 24.4 Å². The van der Waals surface area contributed by atoms with Crippen molar-refractivity contribution in [3.05, 3.63) is 64.9 Å². The molecule has 0 saturated heterocycles. The second-order valence-corrected chi connectivity index (χ2v) is 7.52. The van der Waals surface area contributed by atoms with Gasteiger partial charge in [-0.05, 0) is 48.8 Å². The van der Waals surface area contributed by atoms with Gasteiger partial charge in [0.1, 0.15) is 13.2 Å². The van der Waals surface area contributed by atoms with Crippen LogP contribution >= 0.6 is 12.2 Å². The van der Waals surface area contributed by atoms with Crippen LogP contribution in [-0.4, -0.2) is 31.4 Å². The number of carbonyl (C=O) groups is 1. The van der Waals surface area contributed by atoms with Crippen molar-refractivity contribution in [3.8, 4) is 11.5 Å². The van der Waals surface area contributed by atoms with Gasteiger partial charge in [-0.15, -0.1) is 0 Å². The maximum atomic E-state index is 12.8. The lowest BCUT2D eigenvalue weighted by molar-refractivity contribution is -0.136. The highest BCUT2D eigenvalue weighted by atomic mass is 32.1. The number of nitrogens with one attached hydrogen (secondary N) is 1. The molecule has 0 bridgehead atoms. The lowest BCUT2D eigenvalue weighted by Crippen LogP contribution is -2.48. The summed E-state index contributed by atoms with van der Waals surface area (Å²) in [5.41, 5.74) is 4.21. The van der Waals surface area contributed by atoms with Crippen LogP contribution in [0.5, 0.6) is 11.5 Å². The highest BCUT2D eigenvalue weighted by Crippen LogP contribution is 2.38. The molecule has 0 spiro atoms. The molecule has 0 amide bonds. The third-order valence-electron chi connectivity index (χ3n) is 5.40. The van der Waals surface area contributed by atoms with Gasteiger partial charge in [0.25, 0.3) is 0 Å². The van der Waals surface area contributed by atoms with Crippen LogP contribution in [0.4, 0.5) is 5.69 Å². The van der Waals surface area contributed by atoms with Crippen molar-refractivity contribution < 1.29 is 19.0 Å². The second kappa shape index (κ2) is 8.36. The Labute approximate surface area is 181 Å². The van der Waals surface area contributed by atoms with Crippen LogP contribution in [0.3, 0.4) is 0 Å². The Morgan fingerprint density at radius 1 is 1.17 bits per heavy atom. The number of fused-ring (bicyclic) bond motifs is 1. The van der Waals surface area contributed by atoms with Crippen molar-refractivity contribution >= 4 is 29.0 Å². The predicted molar refractivity (Wildman–Crippen MR) is 119 cm³/mol. The first kappa shape index (κ1) is 20.2. The Balaban J connectivity index is 1.78. The van der Waals surface area contributed by atoms with E-state index in [1.165, 1.54) is 12.7 Å². The van der Waals surface area contributed by atoms with Crippen LogP contribution in [0.1, 0.15) is 31.0 Å². The second-order valence-electron chi connectivity index (χ2n) is 7.13. The first-order chi connectivity index (χ1) is 14.5. The predicted octanol–water partition coefficient (Wildman–Crippen LogP) is 3.90. The van der Waals surface area contributed by atoms with Crippen LogP contribution in [0.25, 0.3) is 0 Å². The summed E-state index contributed by atoms with van der Waals surface area (Å²) in [4.78, 5) is 14.6. The highest BCUT2D eigenvalue weighted by molar-refractivity contribution is 7.80. The van der Waals surface area contributed by atoms with E-state index in [-0.39, 0.29) is 6.04 Å². The number of hydrogen-bond acceptors (Lipinski definition) is 5.